The van der Waals surface area contributed by atoms with Crippen molar-refractivity contribution in [2.45, 2.75) is 24.5 Å². The molecule has 5 aromatic rings. The van der Waals surface area contributed by atoms with Crippen molar-refractivity contribution in [3.8, 4) is 0 Å². The summed E-state index contributed by atoms with van der Waals surface area (Å²) in [5.74, 6) is -0.328. The molecule has 8 heteroatoms. The first-order chi connectivity index (χ1) is 18.3. The number of nitrogens with zero attached hydrogens (tertiary/aromatic N) is 2. The molecule has 0 saturated heterocycles. The molecule has 0 aliphatic rings. The number of sulfonamides is 1. The van der Waals surface area contributed by atoms with Crippen LogP contribution in [-0.4, -0.2) is 43.7 Å². The fraction of sp³-hybridized carbons (Fsp3) is 0.167. The summed E-state index contributed by atoms with van der Waals surface area (Å²) in [4.78, 5) is 12.4. The number of carbonyl (C=O) groups excluding carboxylic acids is 1. The summed E-state index contributed by atoms with van der Waals surface area (Å²) in [6.07, 6.45) is -1.04. The van der Waals surface area contributed by atoms with Gasteiger partial charge in [-0.25, -0.2) is 8.42 Å². The van der Waals surface area contributed by atoms with E-state index in [1.807, 2.05) is 60.0 Å². The molecule has 0 bridgehead atoms. The molecule has 0 aliphatic heterocycles. The van der Waals surface area contributed by atoms with Crippen molar-refractivity contribution in [2.24, 2.45) is 0 Å². The maximum atomic E-state index is 13.9. The second-order valence-electron chi connectivity index (χ2n) is 9.28. The Balaban J connectivity index is 1.55. The molecule has 0 saturated carbocycles. The Labute approximate surface area is 222 Å². The molecule has 1 heterocycles. The van der Waals surface area contributed by atoms with E-state index in [2.05, 4.69) is 5.32 Å². The Bertz CT molecular complexity index is 1670. The van der Waals surface area contributed by atoms with Gasteiger partial charge in [0.25, 0.3) is 15.9 Å². The Morgan fingerprint density at radius 3 is 2.11 bits per heavy atom. The van der Waals surface area contributed by atoms with Gasteiger partial charge in [-0.05, 0) is 49.4 Å². The molecular weight excluding hydrogens is 498 g/mol. The van der Waals surface area contributed by atoms with Crippen molar-refractivity contribution in [2.75, 3.05) is 17.9 Å². The number of fused-ring (bicyclic) bond motifs is 3. The summed E-state index contributed by atoms with van der Waals surface area (Å²) >= 11 is 0. The lowest BCUT2D eigenvalue weighted by Gasteiger charge is -2.28. The minimum Gasteiger partial charge on any atom is -0.389 e. The number of carbonyl (C=O) groups is 1. The van der Waals surface area contributed by atoms with Gasteiger partial charge in [-0.15, -0.1) is 0 Å². The van der Waals surface area contributed by atoms with Gasteiger partial charge in [0.15, 0.2) is 0 Å². The quantitative estimate of drug-likeness (QED) is 0.306. The summed E-state index contributed by atoms with van der Waals surface area (Å²) < 4.78 is 30.9. The van der Waals surface area contributed by atoms with E-state index in [4.69, 9.17) is 0 Å². The van der Waals surface area contributed by atoms with Gasteiger partial charge in [-0.1, -0.05) is 60.2 Å². The minimum atomic E-state index is -4.05. The van der Waals surface area contributed by atoms with E-state index in [-0.39, 0.29) is 23.9 Å². The molecule has 1 atom stereocenters. The van der Waals surface area contributed by atoms with E-state index < -0.39 is 16.1 Å². The van der Waals surface area contributed by atoms with Crippen molar-refractivity contribution < 1.29 is 18.3 Å². The molecule has 7 nitrogen and oxygen atoms in total. The van der Waals surface area contributed by atoms with Crippen LogP contribution >= 0.6 is 0 Å². The molecule has 0 unspecified atom stereocenters. The first-order valence-corrected chi connectivity index (χ1v) is 13.8. The highest BCUT2D eigenvalue weighted by Crippen LogP contribution is 2.30. The van der Waals surface area contributed by atoms with Crippen LogP contribution in [0.2, 0.25) is 0 Å². The Morgan fingerprint density at radius 1 is 0.895 bits per heavy atom. The van der Waals surface area contributed by atoms with Crippen LogP contribution in [0.5, 0.6) is 0 Å². The predicted molar refractivity (Wildman–Crippen MR) is 151 cm³/mol. The van der Waals surface area contributed by atoms with E-state index in [1.54, 1.807) is 42.5 Å². The number of aliphatic hydroxyl groups excluding tert-OH is 1. The molecule has 194 valence electrons. The number of rotatable bonds is 8. The zero-order chi connectivity index (χ0) is 26.9. The smallest absolute Gasteiger partial charge is 0.264 e. The standard InChI is InChI=1S/C30H29N3O4S/c1-21-14-16-25(17-15-21)38(36,37)33(23-9-7-8-22(18-23)30(35)31-2)20-24(34)19-32-28-12-5-3-10-26(28)27-11-4-6-13-29(27)32/h3-18,24,34H,19-20H2,1-2H3,(H,31,35)/t24-/m1/s1. The van der Waals surface area contributed by atoms with E-state index in [0.29, 0.717) is 11.3 Å². The monoisotopic (exact) mass is 527 g/mol. The fourth-order valence-corrected chi connectivity index (χ4v) is 6.28. The van der Waals surface area contributed by atoms with Crippen LogP contribution in [0.1, 0.15) is 15.9 Å². The third-order valence-corrected chi connectivity index (χ3v) is 8.49. The van der Waals surface area contributed by atoms with Gasteiger partial charge in [0, 0.05) is 34.4 Å². The first-order valence-electron chi connectivity index (χ1n) is 12.3. The number of nitrogens with one attached hydrogen (secondary N) is 1. The van der Waals surface area contributed by atoms with E-state index >= 15 is 0 Å². The van der Waals surface area contributed by atoms with Gasteiger partial charge in [0.05, 0.1) is 29.8 Å². The lowest BCUT2D eigenvalue weighted by molar-refractivity contribution is 0.0963. The number of hydrogen-bond acceptors (Lipinski definition) is 4. The molecule has 38 heavy (non-hydrogen) atoms. The number of aromatic nitrogens is 1. The van der Waals surface area contributed by atoms with Gasteiger partial charge in [0.1, 0.15) is 0 Å². The third kappa shape index (κ3) is 4.76. The van der Waals surface area contributed by atoms with Gasteiger partial charge < -0.3 is 15.0 Å². The Hall–Kier alpha value is -4.14. The molecule has 0 spiro atoms. The van der Waals surface area contributed by atoms with Crippen LogP contribution in [0.3, 0.4) is 0 Å². The molecule has 2 N–H and O–H groups in total. The van der Waals surface area contributed by atoms with Crippen molar-refractivity contribution in [1.29, 1.82) is 0 Å². The van der Waals surface area contributed by atoms with Crippen LogP contribution in [0.15, 0.2) is 102 Å². The molecule has 1 aromatic heterocycles. The highest BCUT2D eigenvalue weighted by Gasteiger charge is 2.28. The van der Waals surface area contributed by atoms with Gasteiger partial charge >= 0.3 is 0 Å². The largest absolute Gasteiger partial charge is 0.389 e. The average Bonchev–Trinajstić information content (AvgIpc) is 3.25. The van der Waals surface area contributed by atoms with Gasteiger partial charge in [0.2, 0.25) is 0 Å². The zero-order valence-electron chi connectivity index (χ0n) is 21.2. The van der Waals surface area contributed by atoms with Crippen molar-refractivity contribution in [3.63, 3.8) is 0 Å². The number of para-hydroxylation sites is 2. The molecule has 0 aliphatic carbocycles. The second kappa shape index (κ2) is 10.3. The predicted octanol–water partition coefficient (Wildman–Crippen LogP) is 4.72. The normalized spacial score (nSPS) is 12.5. The summed E-state index contributed by atoms with van der Waals surface area (Å²) in [5.41, 5.74) is 3.48. The molecular formula is C30H29N3O4S. The third-order valence-electron chi connectivity index (χ3n) is 6.68. The Kier molecular flexibility index (Phi) is 6.93. The van der Waals surface area contributed by atoms with Crippen LogP contribution in [0, 0.1) is 6.92 Å². The number of anilines is 1. The van der Waals surface area contributed by atoms with Crippen molar-refractivity contribution in [1.82, 2.24) is 9.88 Å². The number of benzene rings is 4. The maximum Gasteiger partial charge on any atom is 0.264 e. The highest BCUT2D eigenvalue weighted by molar-refractivity contribution is 7.92. The van der Waals surface area contributed by atoms with Gasteiger partial charge in [-0.3, -0.25) is 9.10 Å². The zero-order valence-corrected chi connectivity index (χ0v) is 22.0. The van der Waals surface area contributed by atoms with Crippen LogP contribution in [-0.2, 0) is 16.6 Å². The second-order valence-corrected chi connectivity index (χ2v) is 11.1. The molecule has 5 rings (SSSR count). The first kappa shape index (κ1) is 25.5. The van der Waals surface area contributed by atoms with E-state index in [1.165, 1.54) is 17.4 Å². The Morgan fingerprint density at radius 2 is 1.50 bits per heavy atom. The van der Waals surface area contributed by atoms with Crippen LogP contribution in [0.4, 0.5) is 5.69 Å². The molecule has 1 amide bonds. The maximum absolute atomic E-state index is 13.9. The number of amides is 1. The summed E-state index contributed by atoms with van der Waals surface area (Å²) in [7, 11) is -2.53. The minimum absolute atomic E-state index is 0.109. The number of aliphatic hydroxyl groups is 1. The molecule has 0 radical (unpaired) electrons. The summed E-state index contributed by atoms with van der Waals surface area (Å²) in [6, 6.07) is 28.9. The molecule has 4 aromatic carbocycles. The SMILES string of the molecule is CNC(=O)c1cccc(N(C[C@H](O)Cn2c3ccccc3c3ccccc32)S(=O)(=O)c2ccc(C)cc2)c1. The summed E-state index contributed by atoms with van der Waals surface area (Å²) in [6.45, 7) is 1.87. The fourth-order valence-electron chi connectivity index (χ4n) is 4.79. The van der Waals surface area contributed by atoms with E-state index in [0.717, 1.165) is 27.4 Å². The summed E-state index contributed by atoms with van der Waals surface area (Å²) in [5, 5.41) is 16.0. The van der Waals surface area contributed by atoms with Crippen molar-refractivity contribution in [3.05, 3.63) is 108 Å². The lowest BCUT2D eigenvalue weighted by Crippen LogP contribution is -2.39. The number of aryl methyl sites for hydroxylation is 1. The lowest BCUT2D eigenvalue weighted by atomic mass is 10.2. The van der Waals surface area contributed by atoms with Crippen LogP contribution in [0.25, 0.3) is 21.8 Å². The van der Waals surface area contributed by atoms with E-state index in [9.17, 15) is 18.3 Å². The number of hydrogen-bond donors (Lipinski definition) is 2. The van der Waals surface area contributed by atoms with Gasteiger partial charge in [-0.2, -0.15) is 0 Å². The van der Waals surface area contributed by atoms with Crippen molar-refractivity contribution >= 4 is 43.4 Å². The molecule has 0 fully saturated rings. The topological polar surface area (TPSA) is 91.6 Å². The van der Waals surface area contributed by atoms with Crippen LogP contribution < -0.4 is 9.62 Å². The average molecular weight is 528 g/mol. The highest BCUT2D eigenvalue weighted by atomic mass is 32.2.